The molecule has 0 heterocycles. The van der Waals surface area contributed by atoms with Gasteiger partial charge >= 0.3 is 0 Å². The third kappa shape index (κ3) is 5.20. The second kappa shape index (κ2) is 8.50. The van der Waals surface area contributed by atoms with Crippen molar-refractivity contribution >= 4 is 0 Å². The lowest BCUT2D eigenvalue weighted by Gasteiger charge is -2.13. The maximum Gasteiger partial charge on any atom is 0.124 e. The van der Waals surface area contributed by atoms with Gasteiger partial charge in [0.05, 0.1) is 0 Å². The molecule has 0 aliphatic rings. The van der Waals surface area contributed by atoms with E-state index < -0.39 is 0 Å². The van der Waals surface area contributed by atoms with Gasteiger partial charge in [-0.05, 0) is 31.0 Å². The molecule has 0 amide bonds. The van der Waals surface area contributed by atoms with Crippen LogP contribution in [-0.4, -0.2) is 0 Å². The second-order valence-corrected chi connectivity index (χ2v) is 6.47. The molecule has 0 spiro atoms. The zero-order chi connectivity index (χ0) is 17.5. The van der Waals surface area contributed by atoms with Crippen molar-refractivity contribution in [3.63, 3.8) is 0 Å². The Bertz CT molecular complexity index is 808. The molecule has 0 bridgehead atoms. The predicted octanol–water partition coefficient (Wildman–Crippen LogP) is 5.17. The first-order valence-corrected chi connectivity index (χ1v) is 8.73. The molecule has 0 radical (unpaired) electrons. The Morgan fingerprint density at radius 3 is 2.32 bits per heavy atom. The predicted molar refractivity (Wildman–Crippen MR) is 104 cm³/mol. The van der Waals surface area contributed by atoms with Gasteiger partial charge in [0.25, 0.3) is 0 Å². The molecule has 0 aliphatic carbocycles. The summed E-state index contributed by atoms with van der Waals surface area (Å²) >= 11 is 0. The van der Waals surface area contributed by atoms with Gasteiger partial charge in [0.2, 0.25) is 0 Å². The van der Waals surface area contributed by atoms with E-state index in [1.807, 2.05) is 12.1 Å². The molecular formula is C23H25NO. The van der Waals surface area contributed by atoms with Gasteiger partial charge in [-0.3, -0.25) is 0 Å². The molecule has 25 heavy (non-hydrogen) atoms. The van der Waals surface area contributed by atoms with Gasteiger partial charge in [0.1, 0.15) is 12.4 Å². The quantitative estimate of drug-likeness (QED) is 0.645. The fourth-order valence-corrected chi connectivity index (χ4v) is 2.80. The van der Waals surface area contributed by atoms with Crippen molar-refractivity contribution in [1.29, 1.82) is 0 Å². The van der Waals surface area contributed by atoms with Crippen LogP contribution in [0, 0.1) is 13.8 Å². The van der Waals surface area contributed by atoms with E-state index >= 15 is 0 Å². The molecule has 0 aliphatic heterocycles. The number of hydrogen-bond acceptors (Lipinski definition) is 2. The van der Waals surface area contributed by atoms with Gasteiger partial charge in [-0.25, -0.2) is 0 Å². The number of rotatable bonds is 7. The van der Waals surface area contributed by atoms with Crippen LogP contribution in [0.1, 0.15) is 27.8 Å². The summed E-state index contributed by atoms with van der Waals surface area (Å²) in [5, 5.41) is 3.51. The minimum atomic E-state index is 0.594. The molecule has 3 rings (SSSR count). The van der Waals surface area contributed by atoms with Crippen molar-refractivity contribution < 1.29 is 4.74 Å². The summed E-state index contributed by atoms with van der Waals surface area (Å²) < 4.78 is 6.06. The number of nitrogens with one attached hydrogen (secondary N) is 1. The maximum atomic E-state index is 6.06. The van der Waals surface area contributed by atoms with Crippen LogP contribution in [0.4, 0.5) is 0 Å². The zero-order valence-electron chi connectivity index (χ0n) is 15.0. The molecule has 0 unspecified atom stereocenters. The molecule has 2 heteroatoms. The first kappa shape index (κ1) is 17.2. The van der Waals surface area contributed by atoms with Crippen molar-refractivity contribution in [2.75, 3.05) is 0 Å². The van der Waals surface area contributed by atoms with Gasteiger partial charge < -0.3 is 10.1 Å². The van der Waals surface area contributed by atoms with Gasteiger partial charge in [-0.2, -0.15) is 0 Å². The summed E-state index contributed by atoms with van der Waals surface area (Å²) in [6, 6.07) is 25.3. The van der Waals surface area contributed by atoms with Crippen LogP contribution >= 0.6 is 0 Å². The van der Waals surface area contributed by atoms with Crippen molar-refractivity contribution in [3.8, 4) is 5.75 Å². The number of hydrogen-bond donors (Lipinski definition) is 1. The maximum absolute atomic E-state index is 6.06. The zero-order valence-corrected chi connectivity index (χ0v) is 15.0. The van der Waals surface area contributed by atoms with Crippen LogP contribution < -0.4 is 10.1 Å². The van der Waals surface area contributed by atoms with Crippen LogP contribution in [0.15, 0.2) is 72.8 Å². The molecule has 0 saturated heterocycles. The first-order chi connectivity index (χ1) is 12.2. The molecule has 128 valence electrons. The van der Waals surface area contributed by atoms with Crippen molar-refractivity contribution in [2.45, 2.75) is 33.5 Å². The Kier molecular flexibility index (Phi) is 5.86. The van der Waals surface area contributed by atoms with Crippen molar-refractivity contribution in [2.24, 2.45) is 0 Å². The number of benzene rings is 3. The molecule has 3 aromatic carbocycles. The minimum Gasteiger partial charge on any atom is -0.489 e. The van der Waals surface area contributed by atoms with Gasteiger partial charge in [-0.1, -0.05) is 77.9 Å². The molecule has 1 N–H and O–H groups in total. The third-order valence-corrected chi connectivity index (χ3v) is 4.21. The van der Waals surface area contributed by atoms with Gasteiger partial charge in [0, 0.05) is 18.7 Å². The fourth-order valence-electron chi connectivity index (χ4n) is 2.80. The highest BCUT2D eigenvalue weighted by molar-refractivity contribution is 5.34. The summed E-state index contributed by atoms with van der Waals surface area (Å²) in [5.41, 5.74) is 6.22. The lowest BCUT2D eigenvalue weighted by Crippen LogP contribution is -2.13. The fraction of sp³-hybridized carbons (Fsp3) is 0.217. The van der Waals surface area contributed by atoms with Crippen LogP contribution in [0.25, 0.3) is 0 Å². The van der Waals surface area contributed by atoms with Crippen LogP contribution in [-0.2, 0) is 19.7 Å². The average Bonchev–Trinajstić information content (AvgIpc) is 2.63. The highest BCUT2D eigenvalue weighted by Gasteiger charge is 2.04. The summed E-state index contributed by atoms with van der Waals surface area (Å²) in [6.45, 7) is 6.45. The number of para-hydroxylation sites is 1. The SMILES string of the molecule is Cc1ccc(CNCc2ccccc2OCc2cccc(C)c2)cc1. The lowest BCUT2D eigenvalue weighted by molar-refractivity contribution is 0.302. The highest BCUT2D eigenvalue weighted by atomic mass is 16.5. The Morgan fingerprint density at radius 1 is 0.720 bits per heavy atom. The Morgan fingerprint density at radius 2 is 1.52 bits per heavy atom. The summed E-state index contributed by atoms with van der Waals surface area (Å²) in [4.78, 5) is 0. The molecule has 0 saturated carbocycles. The van der Waals surface area contributed by atoms with E-state index in [0.29, 0.717) is 6.61 Å². The van der Waals surface area contributed by atoms with E-state index in [2.05, 4.69) is 79.8 Å². The van der Waals surface area contributed by atoms with Crippen LogP contribution in [0.2, 0.25) is 0 Å². The average molecular weight is 331 g/mol. The van der Waals surface area contributed by atoms with Gasteiger partial charge in [-0.15, -0.1) is 0 Å². The smallest absolute Gasteiger partial charge is 0.124 e. The van der Waals surface area contributed by atoms with E-state index in [0.717, 1.165) is 18.8 Å². The first-order valence-electron chi connectivity index (χ1n) is 8.73. The molecule has 3 aromatic rings. The third-order valence-electron chi connectivity index (χ3n) is 4.21. The van der Waals surface area contributed by atoms with Gasteiger partial charge in [0.15, 0.2) is 0 Å². The topological polar surface area (TPSA) is 21.3 Å². The Balaban J connectivity index is 1.57. The molecule has 0 fully saturated rings. The van der Waals surface area contributed by atoms with E-state index in [-0.39, 0.29) is 0 Å². The largest absolute Gasteiger partial charge is 0.489 e. The molecular weight excluding hydrogens is 306 g/mol. The van der Waals surface area contributed by atoms with Crippen molar-refractivity contribution in [1.82, 2.24) is 5.32 Å². The molecule has 0 aromatic heterocycles. The summed E-state index contributed by atoms with van der Waals surface area (Å²) in [5.74, 6) is 0.945. The van der Waals surface area contributed by atoms with E-state index in [1.165, 1.54) is 27.8 Å². The van der Waals surface area contributed by atoms with E-state index in [4.69, 9.17) is 4.74 Å². The normalized spacial score (nSPS) is 10.6. The highest BCUT2D eigenvalue weighted by Crippen LogP contribution is 2.19. The standard InChI is InChI=1S/C23H25NO/c1-18-10-12-20(13-11-18)15-24-16-22-8-3-4-9-23(22)25-17-21-7-5-6-19(2)14-21/h3-14,24H,15-17H2,1-2H3. The Labute approximate surface area is 150 Å². The van der Waals surface area contributed by atoms with Crippen molar-refractivity contribution in [3.05, 3.63) is 101 Å². The molecule has 2 nitrogen and oxygen atoms in total. The number of ether oxygens (including phenoxy) is 1. The second-order valence-electron chi connectivity index (χ2n) is 6.47. The van der Waals surface area contributed by atoms with E-state index in [9.17, 15) is 0 Å². The van der Waals surface area contributed by atoms with Crippen LogP contribution in [0.3, 0.4) is 0 Å². The number of aryl methyl sites for hydroxylation is 2. The lowest BCUT2D eigenvalue weighted by atomic mass is 10.1. The minimum absolute atomic E-state index is 0.594. The molecule has 0 atom stereocenters. The van der Waals surface area contributed by atoms with Crippen LogP contribution in [0.5, 0.6) is 5.75 Å². The summed E-state index contributed by atoms with van der Waals surface area (Å²) in [6.07, 6.45) is 0. The Hall–Kier alpha value is -2.58. The van der Waals surface area contributed by atoms with E-state index in [1.54, 1.807) is 0 Å². The summed E-state index contributed by atoms with van der Waals surface area (Å²) in [7, 11) is 0. The monoisotopic (exact) mass is 331 g/mol.